The number of pyridine rings is 1. The van der Waals surface area contributed by atoms with Crippen LogP contribution in [0.15, 0.2) is 18.3 Å². The Bertz CT molecular complexity index is 748. The van der Waals surface area contributed by atoms with Crippen LogP contribution in [0.1, 0.15) is 36.3 Å². The summed E-state index contributed by atoms with van der Waals surface area (Å²) >= 11 is 0. The molecule has 2 aliphatic rings. The van der Waals surface area contributed by atoms with Gasteiger partial charge in [0.1, 0.15) is 11.6 Å². The van der Waals surface area contributed by atoms with Gasteiger partial charge in [0.15, 0.2) is 11.6 Å². The van der Waals surface area contributed by atoms with E-state index in [0.717, 1.165) is 44.0 Å². The van der Waals surface area contributed by atoms with Crippen molar-refractivity contribution in [2.75, 3.05) is 23.3 Å². The molecule has 1 fully saturated rings. The average Bonchev–Trinajstić information content (AvgIpc) is 3.03. The predicted octanol–water partition coefficient (Wildman–Crippen LogP) is 2.89. The van der Waals surface area contributed by atoms with Gasteiger partial charge >= 0.3 is 0 Å². The SMILES string of the molecule is Cc1nc2c(c(NC3CCN(c4ncccc4F)C3)n1)CCCC2. The molecule has 0 bridgehead atoms. The van der Waals surface area contributed by atoms with Gasteiger partial charge in [-0.25, -0.2) is 19.3 Å². The summed E-state index contributed by atoms with van der Waals surface area (Å²) in [7, 11) is 0. The molecule has 0 spiro atoms. The van der Waals surface area contributed by atoms with Crippen molar-refractivity contribution < 1.29 is 4.39 Å². The topological polar surface area (TPSA) is 53.9 Å². The van der Waals surface area contributed by atoms with Crippen molar-refractivity contribution in [3.8, 4) is 0 Å². The van der Waals surface area contributed by atoms with E-state index in [1.54, 1.807) is 12.3 Å². The largest absolute Gasteiger partial charge is 0.365 e. The van der Waals surface area contributed by atoms with E-state index in [-0.39, 0.29) is 11.9 Å². The first-order valence-corrected chi connectivity index (χ1v) is 8.69. The molecule has 6 heteroatoms. The summed E-state index contributed by atoms with van der Waals surface area (Å²) in [6.45, 7) is 3.49. The number of aromatic nitrogens is 3. The number of hydrogen-bond acceptors (Lipinski definition) is 5. The maximum Gasteiger partial charge on any atom is 0.165 e. The fourth-order valence-electron chi connectivity index (χ4n) is 3.71. The first kappa shape index (κ1) is 15.3. The molecule has 126 valence electrons. The molecule has 1 atom stereocenters. The van der Waals surface area contributed by atoms with Gasteiger partial charge in [0.2, 0.25) is 0 Å². The molecule has 2 aromatic heterocycles. The van der Waals surface area contributed by atoms with Crippen molar-refractivity contribution in [3.05, 3.63) is 41.2 Å². The Morgan fingerprint density at radius 2 is 2.12 bits per heavy atom. The zero-order valence-corrected chi connectivity index (χ0v) is 13.9. The van der Waals surface area contributed by atoms with Crippen LogP contribution in [0.25, 0.3) is 0 Å². The second-order valence-corrected chi connectivity index (χ2v) is 6.64. The third kappa shape index (κ3) is 2.92. The molecule has 5 nitrogen and oxygen atoms in total. The highest BCUT2D eigenvalue weighted by molar-refractivity contribution is 5.50. The molecule has 2 aromatic rings. The Kier molecular flexibility index (Phi) is 4.04. The van der Waals surface area contributed by atoms with Gasteiger partial charge in [-0.3, -0.25) is 0 Å². The maximum atomic E-state index is 13.9. The summed E-state index contributed by atoms with van der Waals surface area (Å²) in [5, 5.41) is 3.59. The monoisotopic (exact) mass is 327 g/mol. The average molecular weight is 327 g/mol. The third-order valence-corrected chi connectivity index (χ3v) is 4.86. The maximum absolute atomic E-state index is 13.9. The summed E-state index contributed by atoms with van der Waals surface area (Å²) < 4.78 is 13.9. The van der Waals surface area contributed by atoms with Crippen LogP contribution in [0.2, 0.25) is 0 Å². The van der Waals surface area contributed by atoms with Gasteiger partial charge in [0, 0.05) is 36.6 Å². The number of aryl methyl sites for hydroxylation is 2. The minimum absolute atomic E-state index is 0.256. The second kappa shape index (κ2) is 6.34. The van der Waals surface area contributed by atoms with Crippen molar-refractivity contribution in [2.24, 2.45) is 0 Å². The summed E-state index contributed by atoms with van der Waals surface area (Å²) in [6, 6.07) is 3.35. The fraction of sp³-hybridized carbons (Fsp3) is 0.500. The number of nitrogens with zero attached hydrogens (tertiary/aromatic N) is 4. The molecule has 4 rings (SSSR count). The quantitative estimate of drug-likeness (QED) is 0.939. The predicted molar refractivity (Wildman–Crippen MR) is 91.8 cm³/mol. The van der Waals surface area contributed by atoms with E-state index >= 15 is 0 Å². The Labute approximate surface area is 141 Å². The van der Waals surface area contributed by atoms with Gasteiger partial charge in [-0.15, -0.1) is 0 Å². The van der Waals surface area contributed by atoms with E-state index in [1.807, 2.05) is 11.8 Å². The lowest BCUT2D eigenvalue weighted by atomic mass is 9.96. The lowest BCUT2D eigenvalue weighted by Gasteiger charge is -2.22. The van der Waals surface area contributed by atoms with Gasteiger partial charge in [-0.1, -0.05) is 0 Å². The minimum atomic E-state index is -0.256. The minimum Gasteiger partial charge on any atom is -0.365 e. The van der Waals surface area contributed by atoms with Gasteiger partial charge in [-0.2, -0.15) is 0 Å². The molecular formula is C18H22FN5. The van der Waals surface area contributed by atoms with E-state index in [4.69, 9.17) is 0 Å². The smallest absolute Gasteiger partial charge is 0.165 e. The number of rotatable bonds is 3. The van der Waals surface area contributed by atoms with Crippen molar-refractivity contribution in [3.63, 3.8) is 0 Å². The second-order valence-electron chi connectivity index (χ2n) is 6.64. The lowest BCUT2D eigenvalue weighted by molar-refractivity contribution is 0.615. The number of nitrogens with one attached hydrogen (secondary N) is 1. The molecule has 0 aromatic carbocycles. The highest BCUT2D eigenvalue weighted by atomic mass is 19.1. The molecule has 3 heterocycles. The lowest BCUT2D eigenvalue weighted by Crippen LogP contribution is -2.28. The van der Waals surface area contributed by atoms with Crippen molar-refractivity contribution in [1.29, 1.82) is 0 Å². The third-order valence-electron chi connectivity index (χ3n) is 4.86. The van der Waals surface area contributed by atoms with E-state index in [2.05, 4.69) is 20.3 Å². The molecule has 1 aliphatic heterocycles. The molecule has 0 amide bonds. The molecule has 1 aliphatic carbocycles. The number of fused-ring (bicyclic) bond motifs is 1. The zero-order chi connectivity index (χ0) is 16.5. The summed E-state index contributed by atoms with van der Waals surface area (Å²) in [6.07, 6.45) is 7.09. The van der Waals surface area contributed by atoms with Gasteiger partial charge in [-0.05, 0) is 51.2 Å². The van der Waals surface area contributed by atoms with Crippen molar-refractivity contribution in [2.45, 2.75) is 45.1 Å². The van der Waals surface area contributed by atoms with Crippen LogP contribution in [0, 0.1) is 12.7 Å². The summed E-state index contributed by atoms with van der Waals surface area (Å²) in [5.41, 5.74) is 2.47. The molecule has 1 unspecified atom stereocenters. The van der Waals surface area contributed by atoms with Crippen LogP contribution in [0.3, 0.4) is 0 Å². The Morgan fingerprint density at radius 1 is 1.25 bits per heavy atom. The normalized spacial score (nSPS) is 20.1. The first-order chi connectivity index (χ1) is 11.7. The fourth-order valence-corrected chi connectivity index (χ4v) is 3.71. The first-order valence-electron chi connectivity index (χ1n) is 8.69. The van der Waals surface area contributed by atoms with Crippen LogP contribution in [-0.2, 0) is 12.8 Å². The van der Waals surface area contributed by atoms with Crippen LogP contribution in [0.4, 0.5) is 16.0 Å². The summed E-state index contributed by atoms with van der Waals surface area (Å²) in [5.74, 6) is 1.99. The van der Waals surface area contributed by atoms with E-state index in [1.165, 1.54) is 30.2 Å². The molecule has 24 heavy (non-hydrogen) atoms. The van der Waals surface area contributed by atoms with Gasteiger partial charge in [0.05, 0.1) is 0 Å². The molecule has 0 saturated carbocycles. The van der Waals surface area contributed by atoms with Crippen molar-refractivity contribution in [1.82, 2.24) is 15.0 Å². The molecule has 0 radical (unpaired) electrons. The highest BCUT2D eigenvalue weighted by Gasteiger charge is 2.27. The number of hydrogen-bond donors (Lipinski definition) is 1. The number of halogens is 1. The summed E-state index contributed by atoms with van der Waals surface area (Å²) in [4.78, 5) is 15.4. The van der Waals surface area contributed by atoms with E-state index < -0.39 is 0 Å². The van der Waals surface area contributed by atoms with E-state index in [0.29, 0.717) is 5.82 Å². The Balaban J connectivity index is 1.51. The zero-order valence-electron chi connectivity index (χ0n) is 13.9. The van der Waals surface area contributed by atoms with Crippen LogP contribution >= 0.6 is 0 Å². The number of anilines is 2. The van der Waals surface area contributed by atoms with Gasteiger partial charge in [0.25, 0.3) is 0 Å². The van der Waals surface area contributed by atoms with Crippen molar-refractivity contribution >= 4 is 11.6 Å². The van der Waals surface area contributed by atoms with Gasteiger partial charge < -0.3 is 10.2 Å². The van der Waals surface area contributed by atoms with Crippen LogP contribution in [0.5, 0.6) is 0 Å². The van der Waals surface area contributed by atoms with Crippen LogP contribution in [-0.4, -0.2) is 34.1 Å². The Morgan fingerprint density at radius 3 is 3.00 bits per heavy atom. The standard InChI is InChI=1S/C18H22FN5/c1-12-21-16-7-3-2-5-14(16)17(22-12)23-13-8-10-24(11-13)18-15(19)6-4-9-20-18/h4,6,9,13H,2-3,5,7-8,10-11H2,1H3,(H,21,22,23). The Hall–Kier alpha value is -2.24. The molecular weight excluding hydrogens is 305 g/mol. The highest BCUT2D eigenvalue weighted by Crippen LogP contribution is 2.28. The molecule has 1 N–H and O–H groups in total. The van der Waals surface area contributed by atoms with Crippen LogP contribution < -0.4 is 10.2 Å². The molecule has 1 saturated heterocycles. The van der Waals surface area contributed by atoms with E-state index in [9.17, 15) is 4.39 Å².